The summed E-state index contributed by atoms with van der Waals surface area (Å²) in [7, 11) is 0. The third-order valence-corrected chi connectivity index (χ3v) is 2.59. The van der Waals surface area contributed by atoms with E-state index in [0.717, 1.165) is 0 Å². The first-order valence-electron chi connectivity index (χ1n) is 6.06. The fraction of sp³-hybridized carbons (Fsp3) is 0.143. The lowest BCUT2D eigenvalue weighted by Gasteiger charge is -2.11. The van der Waals surface area contributed by atoms with E-state index in [-0.39, 0.29) is 23.7 Å². The lowest BCUT2D eigenvalue weighted by atomic mass is 10.2. The molecule has 1 heterocycles. The highest BCUT2D eigenvalue weighted by atomic mass is 19.1. The van der Waals surface area contributed by atoms with E-state index in [1.54, 1.807) is 19.1 Å². The van der Waals surface area contributed by atoms with Gasteiger partial charge in [0.25, 0.3) is 0 Å². The zero-order valence-corrected chi connectivity index (χ0v) is 10.9. The van der Waals surface area contributed by atoms with E-state index in [9.17, 15) is 9.18 Å². The monoisotopic (exact) mass is 275 g/mol. The van der Waals surface area contributed by atoms with Gasteiger partial charge in [0.05, 0.1) is 17.9 Å². The zero-order chi connectivity index (χ0) is 14.5. The predicted octanol–water partition coefficient (Wildman–Crippen LogP) is 2.72. The maximum absolute atomic E-state index is 12.8. The molecule has 2 aromatic rings. The smallest absolute Gasteiger partial charge is 0.340 e. The molecule has 0 fully saturated rings. The number of nitrogens with one attached hydrogen (secondary N) is 1. The Kier molecular flexibility index (Phi) is 4.14. The highest BCUT2D eigenvalue weighted by molar-refractivity contribution is 5.97. The predicted molar refractivity (Wildman–Crippen MR) is 74.3 cm³/mol. The minimum absolute atomic E-state index is 0.190. The Balaban J connectivity index is 2.26. The number of esters is 1. The van der Waals surface area contributed by atoms with Gasteiger partial charge in [0.2, 0.25) is 0 Å². The van der Waals surface area contributed by atoms with Gasteiger partial charge in [-0.3, -0.25) is 0 Å². The topological polar surface area (TPSA) is 77.2 Å². The second kappa shape index (κ2) is 6.01. The van der Waals surface area contributed by atoms with E-state index in [0.29, 0.717) is 11.5 Å². The number of anilines is 3. The molecule has 0 aliphatic rings. The van der Waals surface area contributed by atoms with Gasteiger partial charge in [-0.25, -0.2) is 14.2 Å². The number of nitrogens with two attached hydrogens (primary N) is 1. The number of carbonyl (C=O) groups excluding carboxylic acids is 1. The number of benzene rings is 1. The summed E-state index contributed by atoms with van der Waals surface area (Å²) in [6.45, 7) is 1.98. The molecule has 0 radical (unpaired) electrons. The maximum atomic E-state index is 12.8. The maximum Gasteiger partial charge on any atom is 0.340 e. The molecule has 0 amide bonds. The first kappa shape index (κ1) is 13.8. The first-order chi connectivity index (χ1) is 9.61. The molecule has 3 N–H and O–H groups in total. The summed E-state index contributed by atoms with van der Waals surface area (Å²) < 4.78 is 17.7. The van der Waals surface area contributed by atoms with Crippen LogP contribution in [0.25, 0.3) is 0 Å². The molecule has 1 aromatic carbocycles. The molecule has 0 saturated carbocycles. The van der Waals surface area contributed by atoms with Crippen molar-refractivity contribution < 1.29 is 13.9 Å². The van der Waals surface area contributed by atoms with Crippen LogP contribution >= 0.6 is 0 Å². The van der Waals surface area contributed by atoms with Crippen LogP contribution < -0.4 is 11.1 Å². The Hall–Kier alpha value is -2.63. The van der Waals surface area contributed by atoms with Crippen LogP contribution in [0.1, 0.15) is 17.3 Å². The molecule has 0 saturated heterocycles. The number of hydrogen-bond acceptors (Lipinski definition) is 5. The molecule has 20 heavy (non-hydrogen) atoms. The summed E-state index contributed by atoms with van der Waals surface area (Å²) in [5, 5.41) is 2.93. The van der Waals surface area contributed by atoms with E-state index in [1.807, 2.05) is 0 Å². The summed E-state index contributed by atoms with van der Waals surface area (Å²) >= 11 is 0. The number of ether oxygens (including phenoxy) is 1. The van der Waals surface area contributed by atoms with Crippen molar-refractivity contribution in [1.29, 1.82) is 0 Å². The van der Waals surface area contributed by atoms with Gasteiger partial charge in [0.15, 0.2) is 5.82 Å². The van der Waals surface area contributed by atoms with E-state index >= 15 is 0 Å². The van der Waals surface area contributed by atoms with Crippen LogP contribution in [0, 0.1) is 5.82 Å². The quantitative estimate of drug-likeness (QED) is 0.839. The van der Waals surface area contributed by atoms with Crippen molar-refractivity contribution in [2.45, 2.75) is 6.92 Å². The van der Waals surface area contributed by atoms with Gasteiger partial charge in [0.1, 0.15) is 5.82 Å². The summed E-state index contributed by atoms with van der Waals surface area (Å²) in [6, 6.07) is 7.21. The number of pyridine rings is 1. The summed E-state index contributed by atoms with van der Waals surface area (Å²) in [5.41, 5.74) is 6.94. The fourth-order valence-corrected chi connectivity index (χ4v) is 1.63. The van der Waals surface area contributed by atoms with Crippen LogP contribution in [0.2, 0.25) is 0 Å². The van der Waals surface area contributed by atoms with Gasteiger partial charge in [-0.1, -0.05) is 0 Å². The lowest BCUT2D eigenvalue weighted by Crippen LogP contribution is -2.10. The Bertz CT molecular complexity index is 614. The van der Waals surface area contributed by atoms with Crippen molar-refractivity contribution >= 4 is 23.2 Å². The van der Waals surface area contributed by atoms with E-state index < -0.39 is 5.97 Å². The second-order valence-corrected chi connectivity index (χ2v) is 3.97. The number of nitrogens with zero attached hydrogens (tertiary/aromatic N) is 1. The van der Waals surface area contributed by atoms with Crippen molar-refractivity contribution in [3.63, 3.8) is 0 Å². The summed E-state index contributed by atoms with van der Waals surface area (Å²) in [6.07, 6.45) is 1.45. The first-order valence-corrected chi connectivity index (χ1v) is 6.06. The average Bonchev–Trinajstić information content (AvgIpc) is 2.44. The Morgan fingerprint density at radius 3 is 2.70 bits per heavy atom. The highest BCUT2D eigenvalue weighted by Gasteiger charge is 2.14. The SMILES string of the molecule is CCOC(=O)c1ccnc(Nc2ccc(F)cc2)c1N. The van der Waals surface area contributed by atoms with Crippen LogP contribution in [-0.2, 0) is 4.74 Å². The van der Waals surface area contributed by atoms with Gasteiger partial charge < -0.3 is 15.8 Å². The van der Waals surface area contributed by atoms with Crippen molar-refractivity contribution in [3.8, 4) is 0 Å². The number of nitrogen functional groups attached to an aromatic ring is 1. The Morgan fingerprint density at radius 1 is 1.35 bits per heavy atom. The molecule has 0 bridgehead atoms. The number of halogens is 1. The van der Waals surface area contributed by atoms with Gasteiger partial charge in [-0.2, -0.15) is 0 Å². The van der Waals surface area contributed by atoms with Gasteiger partial charge in [0, 0.05) is 11.9 Å². The highest BCUT2D eigenvalue weighted by Crippen LogP contribution is 2.24. The van der Waals surface area contributed by atoms with Crippen molar-refractivity contribution in [2.75, 3.05) is 17.7 Å². The molecular weight excluding hydrogens is 261 g/mol. The summed E-state index contributed by atoms with van der Waals surface area (Å²) in [5.74, 6) is -0.520. The van der Waals surface area contributed by atoms with Gasteiger partial charge in [-0.05, 0) is 37.3 Å². The second-order valence-electron chi connectivity index (χ2n) is 3.97. The Labute approximate surface area is 115 Å². The normalized spacial score (nSPS) is 10.1. The molecule has 0 aliphatic carbocycles. The molecular formula is C14H14FN3O2. The van der Waals surface area contributed by atoms with Gasteiger partial charge in [-0.15, -0.1) is 0 Å². The molecule has 0 unspecified atom stereocenters. The standard InChI is InChI=1S/C14H14FN3O2/c1-2-20-14(19)11-7-8-17-13(12(11)16)18-10-5-3-9(15)4-6-10/h3-8H,2,16H2,1H3,(H,17,18). The molecule has 0 aliphatic heterocycles. The van der Waals surface area contributed by atoms with Crippen LogP contribution in [-0.4, -0.2) is 17.6 Å². The van der Waals surface area contributed by atoms with Crippen LogP contribution in [0.3, 0.4) is 0 Å². The molecule has 5 nitrogen and oxygen atoms in total. The van der Waals surface area contributed by atoms with Crippen molar-refractivity contribution in [2.24, 2.45) is 0 Å². The average molecular weight is 275 g/mol. The third-order valence-electron chi connectivity index (χ3n) is 2.59. The zero-order valence-electron chi connectivity index (χ0n) is 10.9. The molecule has 0 atom stereocenters. The van der Waals surface area contributed by atoms with Gasteiger partial charge >= 0.3 is 5.97 Å². The number of hydrogen-bond donors (Lipinski definition) is 2. The van der Waals surface area contributed by atoms with E-state index in [4.69, 9.17) is 10.5 Å². The van der Waals surface area contributed by atoms with Crippen molar-refractivity contribution in [1.82, 2.24) is 4.98 Å². The number of rotatable bonds is 4. The van der Waals surface area contributed by atoms with E-state index in [1.165, 1.54) is 24.4 Å². The molecule has 104 valence electrons. The van der Waals surface area contributed by atoms with Crippen LogP contribution in [0.15, 0.2) is 36.5 Å². The molecule has 1 aromatic heterocycles. The third kappa shape index (κ3) is 3.03. The Morgan fingerprint density at radius 2 is 2.05 bits per heavy atom. The minimum Gasteiger partial charge on any atom is -0.462 e. The largest absolute Gasteiger partial charge is 0.462 e. The minimum atomic E-state index is -0.505. The van der Waals surface area contributed by atoms with Crippen LogP contribution in [0.4, 0.5) is 21.6 Å². The lowest BCUT2D eigenvalue weighted by molar-refractivity contribution is 0.0527. The molecule has 0 spiro atoms. The fourth-order valence-electron chi connectivity index (χ4n) is 1.63. The molecule has 2 rings (SSSR count). The van der Waals surface area contributed by atoms with Crippen molar-refractivity contribution in [3.05, 3.63) is 47.9 Å². The summed E-state index contributed by atoms with van der Waals surface area (Å²) in [4.78, 5) is 15.8. The van der Waals surface area contributed by atoms with Crippen LogP contribution in [0.5, 0.6) is 0 Å². The number of aromatic nitrogens is 1. The van der Waals surface area contributed by atoms with E-state index in [2.05, 4.69) is 10.3 Å². The molecule has 6 heteroatoms. The number of carbonyl (C=O) groups is 1.